The molecule has 1 fully saturated rings. The molecule has 1 saturated heterocycles. The van der Waals surface area contributed by atoms with E-state index in [0.29, 0.717) is 23.0 Å². The third kappa shape index (κ3) is 3.79. The number of benzene rings is 2. The van der Waals surface area contributed by atoms with Gasteiger partial charge < -0.3 is 19.3 Å². The van der Waals surface area contributed by atoms with Gasteiger partial charge in [-0.05, 0) is 68.5 Å². The van der Waals surface area contributed by atoms with E-state index in [-0.39, 0.29) is 18.0 Å². The summed E-state index contributed by atoms with van der Waals surface area (Å²) in [4.78, 5) is 18.3. The summed E-state index contributed by atoms with van der Waals surface area (Å²) >= 11 is 0. The van der Waals surface area contributed by atoms with Crippen LogP contribution in [0.3, 0.4) is 0 Å². The van der Waals surface area contributed by atoms with Gasteiger partial charge in [0.2, 0.25) is 0 Å². The van der Waals surface area contributed by atoms with E-state index in [1.165, 1.54) is 24.1 Å². The number of anilines is 1. The van der Waals surface area contributed by atoms with E-state index in [9.17, 15) is 4.79 Å². The Hall–Kier alpha value is -3.21. The van der Waals surface area contributed by atoms with Gasteiger partial charge in [0.05, 0.1) is 20.3 Å². The number of para-hydroxylation sites is 1. The van der Waals surface area contributed by atoms with Crippen LogP contribution in [-0.4, -0.2) is 37.6 Å². The van der Waals surface area contributed by atoms with Crippen LogP contribution in [0, 0.1) is 5.92 Å². The normalized spacial score (nSPS) is 24.0. The maximum atomic E-state index is 13.7. The Balaban J connectivity index is 1.51. The number of rotatable bonds is 4. The standard InChI is InChI=1S/C28H32N2O3/c1-19-17-25(29-16-8-10-20-9-4-6-12-23(20)29)22-11-5-7-13-24(22)30(19)28(31)21-14-15-26(32-2)27(18-21)33-3/h4-7,11-15,18-20,25H,8-10,16-17H2,1-3H3. The SMILES string of the molecule is COc1ccc(C(=O)N2c3ccccc3C(N3CCCC4CC=CC=C43)CC2C)cc1OC. The van der Waals surface area contributed by atoms with Crippen molar-refractivity contribution in [2.45, 2.75) is 44.7 Å². The Bertz CT molecular complexity index is 1110. The molecule has 3 unspecified atom stereocenters. The molecule has 2 aromatic carbocycles. The fraction of sp³-hybridized carbons (Fsp3) is 0.393. The molecule has 5 heteroatoms. The highest BCUT2D eigenvalue weighted by molar-refractivity contribution is 6.07. The molecule has 1 aliphatic carbocycles. The molecule has 33 heavy (non-hydrogen) atoms. The van der Waals surface area contributed by atoms with Crippen LogP contribution >= 0.6 is 0 Å². The second-order valence-electron chi connectivity index (χ2n) is 9.19. The van der Waals surface area contributed by atoms with Crippen LogP contribution in [0.15, 0.2) is 66.4 Å². The van der Waals surface area contributed by atoms with Gasteiger partial charge in [-0.1, -0.05) is 30.4 Å². The zero-order valence-corrected chi connectivity index (χ0v) is 19.7. The number of carbonyl (C=O) groups is 1. The predicted molar refractivity (Wildman–Crippen MR) is 131 cm³/mol. The number of carbonyl (C=O) groups excluding carboxylic acids is 1. The first kappa shape index (κ1) is 21.6. The topological polar surface area (TPSA) is 42.0 Å². The Labute approximate surface area is 196 Å². The molecular formula is C28H32N2O3. The number of methoxy groups -OCH3 is 2. The van der Waals surface area contributed by atoms with Gasteiger partial charge in [0.25, 0.3) is 5.91 Å². The van der Waals surface area contributed by atoms with Crippen molar-refractivity contribution >= 4 is 11.6 Å². The van der Waals surface area contributed by atoms with Crippen LogP contribution in [0.25, 0.3) is 0 Å². The molecule has 3 aliphatic rings. The number of nitrogens with zero attached hydrogens (tertiary/aromatic N) is 2. The number of fused-ring (bicyclic) bond motifs is 2. The molecule has 2 aliphatic heterocycles. The lowest BCUT2D eigenvalue weighted by molar-refractivity contribution is 0.0959. The lowest BCUT2D eigenvalue weighted by atomic mass is 9.83. The van der Waals surface area contributed by atoms with E-state index >= 15 is 0 Å². The lowest BCUT2D eigenvalue weighted by Gasteiger charge is -2.48. The molecule has 0 bridgehead atoms. The zero-order chi connectivity index (χ0) is 22.9. The van der Waals surface area contributed by atoms with Crippen molar-refractivity contribution in [2.24, 2.45) is 5.92 Å². The first-order valence-corrected chi connectivity index (χ1v) is 11.9. The largest absolute Gasteiger partial charge is 0.493 e. The van der Waals surface area contributed by atoms with E-state index in [1.807, 2.05) is 17.0 Å². The third-order valence-electron chi connectivity index (χ3n) is 7.31. The summed E-state index contributed by atoms with van der Waals surface area (Å²) in [6.45, 7) is 3.24. The maximum absolute atomic E-state index is 13.7. The summed E-state index contributed by atoms with van der Waals surface area (Å²) in [5.41, 5.74) is 4.32. The van der Waals surface area contributed by atoms with Crippen LogP contribution in [0.4, 0.5) is 5.69 Å². The molecule has 0 radical (unpaired) electrons. The van der Waals surface area contributed by atoms with Gasteiger partial charge in [0.15, 0.2) is 11.5 Å². The summed E-state index contributed by atoms with van der Waals surface area (Å²) in [7, 11) is 3.20. The average Bonchev–Trinajstić information content (AvgIpc) is 2.87. The van der Waals surface area contributed by atoms with Gasteiger partial charge in [-0.15, -0.1) is 0 Å². The van der Waals surface area contributed by atoms with Crippen molar-refractivity contribution in [3.8, 4) is 11.5 Å². The monoisotopic (exact) mass is 444 g/mol. The van der Waals surface area contributed by atoms with Gasteiger partial charge >= 0.3 is 0 Å². The Morgan fingerprint density at radius 1 is 1.06 bits per heavy atom. The van der Waals surface area contributed by atoms with E-state index in [0.717, 1.165) is 25.1 Å². The number of ether oxygens (including phenoxy) is 2. The van der Waals surface area contributed by atoms with Crippen LogP contribution < -0.4 is 14.4 Å². The second-order valence-corrected chi connectivity index (χ2v) is 9.19. The van der Waals surface area contributed by atoms with Crippen molar-refractivity contribution in [1.82, 2.24) is 4.90 Å². The Kier molecular flexibility index (Phi) is 5.88. The predicted octanol–water partition coefficient (Wildman–Crippen LogP) is 5.74. The lowest BCUT2D eigenvalue weighted by Crippen LogP contribution is -2.47. The van der Waals surface area contributed by atoms with Gasteiger partial charge in [-0.25, -0.2) is 0 Å². The molecule has 172 valence electrons. The molecule has 2 aromatic rings. The number of piperidine rings is 1. The summed E-state index contributed by atoms with van der Waals surface area (Å²) in [5, 5.41) is 0. The first-order valence-electron chi connectivity index (χ1n) is 11.9. The molecule has 5 rings (SSSR count). The summed E-state index contributed by atoms with van der Waals surface area (Å²) in [6, 6.07) is 14.2. The molecule has 0 N–H and O–H groups in total. The maximum Gasteiger partial charge on any atom is 0.258 e. The van der Waals surface area contributed by atoms with E-state index in [2.05, 4.69) is 48.3 Å². The second kappa shape index (κ2) is 8.97. The van der Waals surface area contributed by atoms with Crippen molar-refractivity contribution in [1.29, 1.82) is 0 Å². The van der Waals surface area contributed by atoms with Gasteiger partial charge in [0, 0.05) is 35.5 Å². The molecule has 0 saturated carbocycles. The van der Waals surface area contributed by atoms with Crippen LogP contribution in [0.1, 0.15) is 54.6 Å². The van der Waals surface area contributed by atoms with Crippen LogP contribution in [0.5, 0.6) is 11.5 Å². The highest BCUT2D eigenvalue weighted by atomic mass is 16.5. The van der Waals surface area contributed by atoms with Gasteiger partial charge in [-0.2, -0.15) is 0 Å². The number of allylic oxidation sites excluding steroid dienone is 4. The summed E-state index contributed by atoms with van der Waals surface area (Å²) < 4.78 is 10.8. The van der Waals surface area contributed by atoms with Crippen molar-refractivity contribution in [2.75, 3.05) is 25.7 Å². The molecule has 5 nitrogen and oxygen atoms in total. The molecule has 2 heterocycles. The Morgan fingerprint density at radius 3 is 2.70 bits per heavy atom. The van der Waals surface area contributed by atoms with Crippen LogP contribution in [-0.2, 0) is 0 Å². The van der Waals surface area contributed by atoms with Crippen molar-refractivity contribution in [3.05, 3.63) is 77.5 Å². The van der Waals surface area contributed by atoms with Gasteiger partial charge in [-0.3, -0.25) is 4.79 Å². The fourth-order valence-corrected chi connectivity index (χ4v) is 5.73. The number of hydrogen-bond donors (Lipinski definition) is 0. The number of amides is 1. The molecular weight excluding hydrogens is 412 g/mol. The third-order valence-corrected chi connectivity index (χ3v) is 7.31. The van der Waals surface area contributed by atoms with Crippen molar-refractivity contribution < 1.29 is 14.3 Å². The molecule has 0 spiro atoms. The highest BCUT2D eigenvalue weighted by Crippen LogP contribution is 2.46. The van der Waals surface area contributed by atoms with E-state index in [1.54, 1.807) is 26.4 Å². The van der Waals surface area contributed by atoms with E-state index in [4.69, 9.17) is 9.47 Å². The van der Waals surface area contributed by atoms with Crippen LogP contribution in [0.2, 0.25) is 0 Å². The van der Waals surface area contributed by atoms with Gasteiger partial charge in [0.1, 0.15) is 0 Å². The molecule has 0 aromatic heterocycles. The summed E-state index contributed by atoms with van der Waals surface area (Å²) in [5.74, 6) is 1.80. The minimum Gasteiger partial charge on any atom is -0.493 e. The van der Waals surface area contributed by atoms with E-state index < -0.39 is 0 Å². The smallest absolute Gasteiger partial charge is 0.258 e. The first-order chi connectivity index (χ1) is 16.1. The van der Waals surface area contributed by atoms with Crippen molar-refractivity contribution in [3.63, 3.8) is 0 Å². The molecule has 3 atom stereocenters. The minimum absolute atomic E-state index is 0.00862. The molecule has 1 amide bonds. The highest BCUT2D eigenvalue weighted by Gasteiger charge is 2.39. The summed E-state index contributed by atoms with van der Waals surface area (Å²) in [6.07, 6.45) is 11.3. The minimum atomic E-state index is -0.00862. The number of hydrogen-bond acceptors (Lipinski definition) is 4. The zero-order valence-electron chi connectivity index (χ0n) is 19.7. The average molecular weight is 445 g/mol. The number of likely N-dealkylation sites (tertiary alicyclic amines) is 1. The quantitative estimate of drug-likeness (QED) is 0.603. The Morgan fingerprint density at radius 2 is 1.88 bits per heavy atom. The fourth-order valence-electron chi connectivity index (χ4n) is 5.73.